The second kappa shape index (κ2) is 8.84. The van der Waals surface area contributed by atoms with Crippen LogP contribution < -0.4 is 0 Å². The third-order valence-electron chi connectivity index (χ3n) is 6.00. The van der Waals surface area contributed by atoms with Crippen molar-refractivity contribution in [1.29, 1.82) is 10.5 Å². The molecule has 5 rings (SSSR count). The lowest BCUT2D eigenvalue weighted by atomic mass is 9.97. The van der Waals surface area contributed by atoms with Crippen LogP contribution in [0.5, 0.6) is 0 Å². The number of nitriles is 2. The SMILES string of the molecule is N#Cc1cc2cc(c1)CCc1cccc(n1)-c1cc(c(F)c(C#N)c1F)-c1cccc(n1)CC2. The third-order valence-corrected chi connectivity index (χ3v) is 6.00. The molecule has 0 amide bonds. The number of aryl methyl sites for hydroxylation is 4. The molecule has 2 aromatic carbocycles. The molecule has 0 fully saturated rings. The van der Waals surface area contributed by atoms with E-state index in [1.54, 1.807) is 30.3 Å². The molecule has 1 aliphatic rings. The highest BCUT2D eigenvalue weighted by Gasteiger charge is 2.22. The molecule has 3 heterocycles. The molecule has 0 aliphatic carbocycles. The highest BCUT2D eigenvalue weighted by molar-refractivity contribution is 5.73. The van der Waals surface area contributed by atoms with Gasteiger partial charge in [-0.15, -0.1) is 0 Å². The molecular weight excluding hydrogens is 430 g/mol. The zero-order chi connectivity index (χ0) is 23.7. The molecule has 34 heavy (non-hydrogen) atoms. The normalized spacial score (nSPS) is 12.5. The van der Waals surface area contributed by atoms with Gasteiger partial charge in [0, 0.05) is 22.5 Å². The molecule has 0 spiro atoms. The number of benzene rings is 2. The number of pyridine rings is 2. The van der Waals surface area contributed by atoms with Crippen molar-refractivity contribution in [2.45, 2.75) is 25.7 Å². The summed E-state index contributed by atoms with van der Waals surface area (Å²) in [5.41, 5.74) is 4.23. The smallest absolute Gasteiger partial charge is 0.153 e. The van der Waals surface area contributed by atoms with E-state index in [-0.39, 0.29) is 11.1 Å². The zero-order valence-corrected chi connectivity index (χ0v) is 18.1. The van der Waals surface area contributed by atoms with Gasteiger partial charge >= 0.3 is 0 Å². The Bertz CT molecular complexity index is 1420. The van der Waals surface area contributed by atoms with Crippen LogP contribution in [-0.2, 0) is 25.7 Å². The maximum absolute atomic E-state index is 15.2. The van der Waals surface area contributed by atoms with Crippen LogP contribution in [-0.4, -0.2) is 9.97 Å². The van der Waals surface area contributed by atoms with Crippen LogP contribution in [0.15, 0.2) is 60.7 Å². The summed E-state index contributed by atoms with van der Waals surface area (Å²) >= 11 is 0. The van der Waals surface area contributed by atoms with Gasteiger partial charge in [-0.3, -0.25) is 9.97 Å². The summed E-state index contributed by atoms with van der Waals surface area (Å²) in [6, 6.07) is 21.6. The Balaban J connectivity index is 1.73. The monoisotopic (exact) mass is 448 g/mol. The highest BCUT2D eigenvalue weighted by atomic mass is 19.1. The molecule has 4 aromatic rings. The first-order valence-electron chi connectivity index (χ1n) is 10.9. The lowest BCUT2D eigenvalue weighted by molar-refractivity contribution is 0.580. The minimum absolute atomic E-state index is 0.0582. The number of halogens is 2. The van der Waals surface area contributed by atoms with E-state index in [4.69, 9.17) is 0 Å². The minimum atomic E-state index is -0.933. The molecule has 0 atom stereocenters. The van der Waals surface area contributed by atoms with E-state index < -0.39 is 17.2 Å². The van der Waals surface area contributed by atoms with Crippen molar-refractivity contribution < 1.29 is 8.78 Å². The van der Waals surface area contributed by atoms with Crippen molar-refractivity contribution in [3.63, 3.8) is 0 Å². The summed E-state index contributed by atoms with van der Waals surface area (Å²) in [7, 11) is 0. The zero-order valence-electron chi connectivity index (χ0n) is 18.1. The van der Waals surface area contributed by atoms with Crippen LogP contribution in [0.25, 0.3) is 22.5 Å². The first-order valence-corrected chi connectivity index (χ1v) is 10.9. The first kappa shape index (κ1) is 21.4. The van der Waals surface area contributed by atoms with E-state index in [1.165, 1.54) is 6.07 Å². The third kappa shape index (κ3) is 4.02. The Morgan fingerprint density at radius 2 is 1.18 bits per heavy atom. The fourth-order valence-corrected chi connectivity index (χ4v) is 4.31. The van der Waals surface area contributed by atoms with Crippen molar-refractivity contribution in [3.8, 4) is 34.7 Å². The first-order chi connectivity index (χ1) is 16.6. The quantitative estimate of drug-likeness (QED) is 0.345. The maximum Gasteiger partial charge on any atom is 0.153 e. The van der Waals surface area contributed by atoms with Gasteiger partial charge in [-0.2, -0.15) is 10.5 Å². The van der Waals surface area contributed by atoms with Crippen molar-refractivity contribution >= 4 is 0 Å². The summed E-state index contributed by atoms with van der Waals surface area (Å²) < 4.78 is 30.4. The van der Waals surface area contributed by atoms with Crippen LogP contribution in [0, 0.1) is 34.3 Å². The van der Waals surface area contributed by atoms with Crippen LogP contribution in [0.4, 0.5) is 8.78 Å². The molecule has 2 aromatic heterocycles. The van der Waals surface area contributed by atoms with Crippen LogP contribution in [0.2, 0.25) is 0 Å². The van der Waals surface area contributed by atoms with Gasteiger partial charge in [0.2, 0.25) is 0 Å². The van der Waals surface area contributed by atoms with E-state index >= 15 is 8.78 Å². The van der Waals surface area contributed by atoms with Gasteiger partial charge in [0.05, 0.1) is 23.0 Å². The number of rotatable bonds is 0. The van der Waals surface area contributed by atoms with Crippen LogP contribution in [0.3, 0.4) is 0 Å². The molecule has 6 heteroatoms. The molecule has 1 aliphatic heterocycles. The second-order valence-corrected chi connectivity index (χ2v) is 8.26. The van der Waals surface area contributed by atoms with Gasteiger partial charge in [-0.1, -0.05) is 18.2 Å². The molecule has 0 saturated heterocycles. The van der Waals surface area contributed by atoms with Crippen molar-refractivity contribution in [3.05, 3.63) is 106 Å². The molecule has 8 bridgehead atoms. The predicted molar refractivity (Wildman–Crippen MR) is 124 cm³/mol. The Kier molecular flexibility index (Phi) is 5.57. The van der Waals surface area contributed by atoms with Crippen molar-refractivity contribution in [1.82, 2.24) is 9.97 Å². The number of nitrogens with zero attached hydrogens (tertiary/aromatic N) is 4. The molecule has 0 saturated carbocycles. The maximum atomic E-state index is 15.2. The average Bonchev–Trinajstić information content (AvgIpc) is 2.86. The van der Waals surface area contributed by atoms with E-state index in [0.717, 1.165) is 22.5 Å². The predicted octanol–water partition coefficient (Wildman–Crippen LogP) is 5.72. The molecule has 164 valence electrons. The fraction of sp³-hybridized carbons (Fsp3) is 0.143. The van der Waals surface area contributed by atoms with Crippen LogP contribution >= 0.6 is 0 Å². The van der Waals surface area contributed by atoms with Gasteiger partial charge < -0.3 is 0 Å². The number of hydrogen-bond acceptors (Lipinski definition) is 4. The lowest BCUT2D eigenvalue weighted by Crippen LogP contribution is -2.04. The standard InChI is InChI=1S/C28H18F2N4/c29-27-22-14-23(28(30)24(27)16-32)26-6-2-4-21(34-26)10-8-18-11-17(12-19(13-18)15-31)7-9-20-3-1-5-25(22)33-20/h1-6,11-14H,7-10H2. The Morgan fingerprint density at radius 3 is 1.65 bits per heavy atom. The van der Waals surface area contributed by atoms with Crippen molar-refractivity contribution in [2.75, 3.05) is 0 Å². The summed E-state index contributed by atoms with van der Waals surface area (Å²) in [6.07, 6.45) is 2.49. The summed E-state index contributed by atoms with van der Waals surface area (Å²) in [5.74, 6) is -1.87. The van der Waals surface area contributed by atoms with E-state index in [0.29, 0.717) is 42.6 Å². The molecular formula is C28H18F2N4. The molecule has 4 nitrogen and oxygen atoms in total. The van der Waals surface area contributed by atoms with Gasteiger partial charge in [-0.05, 0) is 79.3 Å². The topological polar surface area (TPSA) is 73.4 Å². The number of fused-ring (bicyclic) bond motifs is 10. The minimum Gasteiger partial charge on any atom is -0.253 e. The number of aromatic nitrogens is 2. The second-order valence-electron chi connectivity index (χ2n) is 8.26. The molecule has 0 radical (unpaired) electrons. The summed E-state index contributed by atoms with van der Waals surface area (Å²) in [5, 5.41) is 18.9. The Hall–Kier alpha value is -4.42. The van der Waals surface area contributed by atoms with E-state index in [9.17, 15) is 10.5 Å². The summed E-state index contributed by atoms with van der Waals surface area (Å²) in [6.45, 7) is 0. The Labute approximate surface area is 195 Å². The summed E-state index contributed by atoms with van der Waals surface area (Å²) in [4.78, 5) is 9.20. The average molecular weight is 448 g/mol. The van der Waals surface area contributed by atoms with Crippen LogP contribution in [0.1, 0.15) is 33.6 Å². The number of hydrogen-bond donors (Lipinski definition) is 0. The van der Waals surface area contributed by atoms with Gasteiger partial charge in [0.25, 0.3) is 0 Å². The van der Waals surface area contributed by atoms with E-state index in [2.05, 4.69) is 22.1 Å². The molecule has 0 unspecified atom stereocenters. The lowest BCUT2D eigenvalue weighted by Gasteiger charge is -2.13. The molecule has 0 N–H and O–H groups in total. The largest absolute Gasteiger partial charge is 0.253 e. The Morgan fingerprint density at radius 1 is 0.647 bits per heavy atom. The van der Waals surface area contributed by atoms with Gasteiger partial charge in [0.15, 0.2) is 11.6 Å². The van der Waals surface area contributed by atoms with Gasteiger partial charge in [0.1, 0.15) is 11.6 Å². The fourth-order valence-electron chi connectivity index (χ4n) is 4.31. The highest BCUT2D eigenvalue weighted by Crippen LogP contribution is 2.33. The van der Waals surface area contributed by atoms with Crippen molar-refractivity contribution in [2.24, 2.45) is 0 Å². The van der Waals surface area contributed by atoms with E-state index in [1.807, 2.05) is 24.3 Å². The van der Waals surface area contributed by atoms with Gasteiger partial charge in [-0.25, -0.2) is 8.78 Å².